The van der Waals surface area contributed by atoms with E-state index < -0.39 is 0 Å². The average molecular weight is 295 g/mol. The molecule has 122 valence electrons. The lowest BCUT2D eigenvalue weighted by Gasteiger charge is -2.44. The molecule has 1 aliphatic heterocycles. The minimum absolute atomic E-state index is 0.169. The van der Waals surface area contributed by atoms with Crippen molar-refractivity contribution >= 4 is 0 Å². The summed E-state index contributed by atoms with van der Waals surface area (Å²) >= 11 is 0. The number of nitrogens with two attached hydrogens (primary N) is 1. The van der Waals surface area contributed by atoms with Crippen LogP contribution in [-0.2, 0) is 4.74 Å². The van der Waals surface area contributed by atoms with Gasteiger partial charge in [0.1, 0.15) is 0 Å². The Hall–Kier alpha value is -0.160. The van der Waals surface area contributed by atoms with E-state index in [-0.39, 0.29) is 5.54 Å². The molecule has 4 heteroatoms. The predicted molar refractivity (Wildman–Crippen MR) is 86.4 cm³/mol. The zero-order chi connectivity index (χ0) is 15.0. The van der Waals surface area contributed by atoms with Gasteiger partial charge in [0.05, 0.1) is 6.61 Å². The Morgan fingerprint density at radius 1 is 1.33 bits per heavy atom. The number of likely N-dealkylation sites (tertiary alicyclic amines) is 1. The molecule has 0 bridgehead atoms. The fourth-order valence-electron chi connectivity index (χ4n) is 4.49. The number of hydrogen-bond acceptors (Lipinski definition) is 4. The Morgan fingerprint density at radius 3 is 2.57 bits per heavy atom. The van der Waals surface area contributed by atoms with Crippen LogP contribution in [0.4, 0.5) is 0 Å². The lowest BCUT2D eigenvalue weighted by molar-refractivity contribution is 0.0251. The van der Waals surface area contributed by atoms with Crippen molar-refractivity contribution in [3.05, 3.63) is 0 Å². The molecule has 2 N–H and O–H groups in total. The lowest BCUT2D eigenvalue weighted by Crippen LogP contribution is -2.60. The van der Waals surface area contributed by atoms with E-state index in [9.17, 15) is 0 Å². The van der Waals surface area contributed by atoms with Crippen LogP contribution in [0.3, 0.4) is 0 Å². The summed E-state index contributed by atoms with van der Waals surface area (Å²) in [7, 11) is 1.81. The molecule has 0 amide bonds. The van der Waals surface area contributed by atoms with E-state index in [1.807, 2.05) is 7.11 Å². The third kappa shape index (κ3) is 3.14. The molecular formula is C17H33N3O. The summed E-state index contributed by atoms with van der Waals surface area (Å²) in [6.45, 7) is 8.59. The average Bonchev–Trinajstić information content (AvgIpc) is 3.37. The molecule has 3 aliphatic rings. The summed E-state index contributed by atoms with van der Waals surface area (Å²) < 4.78 is 5.39. The van der Waals surface area contributed by atoms with Crippen LogP contribution in [0, 0.1) is 5.92 Å². The van der Waals surface area contributed by atoms with Gasteiger partial charge in [0.2, 0.25) is 0 Å². The van der Waals surface area contributed by atoms with E-state index in [2.05, 4.69) is 23.6 Å². The van der Waals surface area contributed by atoms with E-state index in [0.717, 1.165) is 38.2 Å². The molecule has 0 aromatic heterocycles. The molecule has 3 rings (SSSR count). The fraction of sp³-hybridized carbons (Fsp3) is 1.00. The zero-order valence-corrected chi connectivity index (χ0v) is 14.1. The molecule has 2 aliphatic carbocycles. The maximum Gasteiger partial charge on any atom is 0.0590 e. The first-order valence-electron chi connectivity index (χ1n) is 8.83. The monoisotopic (exact) mass is 295 g/mol. The summed E-state index contributed by atoms with van der Waals surface area (Å²) in [5.74, 6) is 0.885. The largest absolute Gasteiger partial charge is 0.383 e. The van der Waals surface area contributed by atoms with E-state index in [4.69, 9.17) is 10.5 Å². The molecule has 3 fully saturated rings. The van der Waals surface area contributed by atoms with Crippen LogP contribution in [0.15, 0.2) is 0 Å². The Kier molecular flexibility index (Phi) is 4.60. The first-order chi connectivity index (χ1) is 10.1. The third-order valence-corrected chi connectivity index (χ3v) is 6.06. The van der Waals surface area contributed by atoms with Crippen molar-refractivity contribution in [2.24, 2.45) is 11.7 Å². The molecule has 0 aromatic rings. The van der Waals surface area contributed by atoms with Crippen molar-refractivity contribution < 1.29 is 4.74 Å². The van der Waals surface area contributed by atoms with E-state index in [1.165, 1.54) is 32.1 Å². The predicted octanol–water partition coefficient (Wildman–Crippen LogP) is 1.69. The van der Waals surface area contributed by atoms with Gasteiger partial charge in [-0.1, -0.05) is 0 Å². The SMILES string of the molecule is COCCN(C(C)C1CC1)C1(CN)CC(C)N(C2CC2)C1. The van der Waals surface area contributed by atoms with Crippen LogP contribution < -0.4 is 5.73 Å². The molecular weight excluding hydrogens is 262 g/mol. The van der Waals surface area contributed by atoms with Gasteiger partial charge in [0.15, 0.2) is 0 Å². The van der Waals surface area contributed by atoms with Crippen LogP contribution in [0.25, 0.3) is 0 Å². The number of nitrogens with zero attached hydrogens (tertiary/aromatic N) is 2. The second-order valence-electron chi connectivity index (χ2n) is 7.65. The van der Waals surface area contributed by atoms with Crippen molar-refractivity contribution in [1.29, 1.82) is 0 Å². The Balaban J connectivity index is 1.76. The highest BCUT2D eigenvalue weighted by atomic mass is 16.5. The number of ether oxygens (including phenoxy) is 1. The maximum atomic E-state index is 6.34. The van der Waals surface area contributed by atoms with Crippen molar-refractivity contribution in [3.8, 4) is 0 Å². The molecule has 0 aromatic carbocycles. The Morgan fingerprint density at radius 2 is 2.05 bits per heavy atom. The van der Waals surface area contributed by atoms with Crippen LogP contribution in [0.5, 0.6) is 0 Å². The first kappa shape index (κ1) is 15.7. The molecule has 0 radical (unpaired) electrons. The van der Waals surface area contributed by atoms with Crippen LogP contribution in [-0.4, -0.2) is 66.8 Å². The number of rotatable bonds is 8. The Bertz CT molecular complexity index is 356. The van der Waals surface area contributed by atoms with Gasteiger partial charge in [-0.2, -0.15) is 0 Å². The van der Waals surface area contributed by atoms with Gasteiger partial charge in [-0.3, -0.25) is 9.80 Å². The maximum absolute atomic E-state index is 6.34. The highest BCUT2D eigenvalue weighted by Crippen LogP contribution is 2.43. The van der Waals surface area contributed by atoms with Gasteiger partial charge in [0, 0.05) is 50.4 Å². The summed E-state index contributed by atoms with van der Waals surface area (Å²) in [4.78, 5) is 5.44. The summed E-state index contributed by atoms with van der Waals surface area (Å²) in [5.41, 5.74) is 6.50. The quantitative estimate of drug-likeness (QED) is 0.740. The van der Waals surface area contributed by atoms with Crippen molar-refractivity contribution in [3.63, 3.8) is 0 Å². The van der Waals surface area contributed by atoms with Gasteiger partial charge in [-0.25, -0.2) is 0 Å². The highest BCUT2D eigenvalue weighted by molar-refractivity contribution is 5.08. The molecule has 2 saturated carbocycles. The fourth-order valence-corrected chi connectivity index (χ4v) is 4.49. The van der Waals surface area contributed by atoms with Crippen molar-refractivity contribution in [2.45, 2.75) is 69.6 Å². The van der Waals surface area contributed by atoms with E-state index >= 15 is 0 Å². The second kappa shape index (κ2) is 6.15. The standard InChI is InChI=1S/C17H33N3O/c1-13-10-17(11-18,12-19(13)16-6-7-16)20(8-9-21-3)14(2)15-4-5-15/h13-16H,4-12,18H2,1-3H3. The van der Waals surface area contributed by atoms with E-state index in [1.54, 1.807) is 0 Å². The highest BCUT2D eigenvalue weighted by Gasteiger charge is 2.51. The zero-order valence-electron chi connectivity index (χ0n) is 14.1. The molecule has 0 spiro atoms. The van der Waals surface area contributed by atoms with Gasteiger partial charge in [-0.15, -0.1) is 0 Å². The van der Waals surface area contributed by atoms with Gasteiger partial charge >= 0.3 is 0 Å². The van der Waals surface area contributed by atoms with Crippen LogP contribution >= 0.6 is 0 Å². The molecule has 1 heterocycles. The van der Waals surface area contributed by atoms with Crippen LogP contribution in [0.2, 0.25) is 0 Å². The van der Waals surface area contributed by atoms with Gasteiger partial charge < -0.3 is 10.5 Å². The Labute approximate surface area is 130 Å². The minimum atomic E-state index is 0.169. The smallest absolute Gasteiger partial charge is 0.0590 e. The summed E-state index contributed by atoms with van der Waals surface area (Å²) in [6, 6.07) is 2.17. The third-order valence-electron chi connectivity index (χ3n) is 6.06. The lowest BCUT2D eigenvalue weighted by atomic mass is 9.91. The second-order valence-corrected chi connectivity index (χ2v) is 7.65. The minimum Gasteiger partial charge on any atom is -0.383 e. The molecule has 3 atom stereocenters. The molecule has 4 nitrogen and oxygen atoms in total. The topological polar surface area (TPSA) is 41.7 Å². The van der Waals surface area contributed by atoms with Gasteiger partial charge in [0.25, 0.3) is 0 Å². The van der Waals surface area contributed by atoms with Crippen molar-refractivity contribution in [1.82, 2.24) is 9.80 Å². The van der Waals surface area contributed by atoms with Crippen LogP contribution in [0.1, 0.15) is 46.0 Å². The molecule has 21 heavy (non-hydrogen) atoms. The van der Waals surface area contributed by atoms with E-state index in [0.29, 0.717) is 12.1 Å². The number of hydrogen-bond donors (Lipinski definition) is 1. The first-order valence-corrected chi connectivity index (χ1v) is 8.83. The normalized spacial score (nSPS) is 35.6. The number of methoxy groups -OCH3 is 1. The van der Waals surface area contributed by atoms with Gasteiger partial charge in [-0.05, 0) is 51.9 Å². The summed E-state index contributed by atoms with van der Waals surface area (Å²) in [6.07, 6.45) is 6.80. The summed E-state index contributed by atoms with van der Waals surface area (Å²) in [5, 5.41) is 0. The van der Waals surface area contributed by atoms with Crippen molar-refractivity contribution in [2.75, 3.05) is 33.4 Å². The molecule has 1 saturated heterocycles. The molecule has 3 unspecified atom stereocenters.